The Labute approximate surface area is 128 Å². The van der Waals surface area contributed by atoms with Crippen LogP contribution in [-0.4, -0.2) is 15.5 Å². The van der Waals surface area contributed by atoms with E-state index in [9.17, 15) is 4.79 Å². The average molecular weight is 289 g/mol. The van der Waals surface area contributed by atoms with E-state index in [2.05, 4.69) is 21.7 Å². The third-order valence-electron chi connectivity index (χ3n) is 4.64. The molecule has 1 fully saturated rings. The summed E-state index contributed by atoms with van der Waals surface area (Å²) in [5, 5.41) is 2.19. The maximum atomic E-state index is 12.8. The lowest BCUT2D eigenvalue weighted by molar-refractivity contribution is 0.0990. The lowest BCUT2D eigenvalue weighted by atomic mass is 10.1. The average Bonchev–Trinajstić information content (AvgIpc) is 3.23. The van der Waals surface area contributed by atoms with E-state index in [1.165, 1.54) is 12.8 Å². The SMILES string of the molecule is O=C1c2cccc3cccc(c23)N1Cc1nccn1C1CC1. The monoisotopic (exact) mass is 289 g/mol. The van der Waals surface area contributed by atoms with Crippen molar-refractivity contribution in [1.82, 2.24) is 9.55 Å². The van der Waals surface area contributed by atoms with Crippen LogP contribution in [-0.2, 0) is 6.54 Å². The van der Waals surface area contributed by atoms with Crippen LogP contribution in [0.2, 0.25) is 0 Å². The Hall–Kier alpha value is -2.62. The minimum absolute atomic E-state index is 0.0807. The minimum atomic E-state index is 0.0807. The highest BCUT2D eigenvalue weighted by atomic mass is 16.2. The first-order valence-corrected chi connectivity index (χ1v) is 7.68. The topological polar surface area (TPSA) is 38.1 Å². The van der Waals surface area contributed by atoms with E-state index < -0.39 is 0 Å². The first-order valence-electron chi connectivity index (χ1n) is 7.68. The number of hydrogen-bond acceptors (Lipinski definition) is 2. The first kappa shape index (κ1) is 12.0. The van der Waals surface area contributed by atoms with Crippen molar-refractivity contribution in [3.63, 3.8) is 0 Å². The van der Waals surface area contributed by atoms with Gasteiger partial charge in [-0.15, -0.1) is 0 Å². The molecule has 2 heterocycles. The van der Waals surface area contributed by atoms with Gasteiger partial charge in [-0.05, 0) is 30.4 Å². The molecule has 1 aliphatic heterocycles. The fraction of sp³-hybridized carbons (Fsp3) is 0.222. The van der Waals surface area contributed by atoms with Gasteiger partial charge in [0.15, 0.2) is 0 Å². The number of amides is 1. The Morgan fingerprint density at radius 3 is 2.77 bits per heavy atom. The van der Waals surface area contributed by atoms with Crippen molar-refractivity contribution >= 4 is 22.4 Å². The molecular weight excluding hydrogens is 274 g/mol. The molecule has 2 aliphatic rings. The maximum absolute atomic E-state index is 12.8. The zero-order valence-electron chi connectivity index (χ0n) is 12.1. The summed E-state index contributed by atoms with van der Waals surface area (Å²) >= 11 is 0. The van der Waals surface area contributed by atoms with Gasteiger partial charge in [-0.2, -0.15) is 0 Å². The van der Waals surface area contributed by atoms with Crippen molar-refractivity contribution in [3.8, 4) is 0 Å². The number of carbonyl (C=O) groups is 1. The van der Waals surface area contributed by atoms with Gasteiger partial charge >= 0.3 is 0 Å². The number of aromatic nitrogens is 2. The molecule has 1 amide bonds. The quantitative estimate of drug-likeness (QED) is 0.739. The van der Waals surface area contributed by atoms with Crippen LogP contribution in [0.25, 0.3) is 10.8 Å². The number of nitrogens with zero attached hydrogens (tertiary/aromatic N) is 3. The minimum Gasteiger partial charge on any atom is -0.330 e. The van der Waals surface area contributed by atoms with Crippen molar-refractivity contribution in [2.24, 2.45) is 0 Å². The summed E-state index contributed by atoms with van der Waals surface area (Å²) < 4.78 is 2.22. The third kappa shape index (κ3) is 1.58. The Morgan fingerprint density at radius 2 is 1.95 bits per heavy atom. The Bertz CT molecular complexity index is 902. The molecule has 0 radical (unpaired) electrons. The molecule has 3 aromatic rings. The lowest BCUT2D eigenvalue weighted by Crippen LogP contribution is -2.27. The van der Waals surface area contributed by atoms with E-state index in [1.807, 2.05) is 41.6 Å². The van der Waals surface area contributed by atoms with Gasteiger partial charge in [-0.3, -0.25) is 4.79 Å². The number of imidazole rings is 1. The van der Waals surface area contributed by atoms with Crippen LogP contribution in [0.5, 0.6) is 0 Å². The van der Waals surface area contributed by atoms with Crippen molar-refractivity contribution < 1.29 is 4.79 Å². The van der Waals surface area contributed by atoms with Crippen LogP contribution in [0.15, 0.2) is 48.8 Å². The second kappa shape index (κ2) is 4.19. The predicted octanol–water partition coefficient (Wildman–Crippen LogP) is 3.53. The van der Waals surface area contributed by atoms with E-state index in [-0.39, 0.29) is 5.91 Å². The summed E-state index contributed by atoms with van der Waals surface area (Å²) in [6.07, 6.45) is 6.30. The zero-order valence-corrected chi connectivity index (χ0v) is 12.1. The molecule has 0 unspecified atom stereocenters. The molecule has 0 N–H and O–H groups in total. The number of benzene rings is 2. The molecule has 22 heavy (non-hydrogen) atoms. The van der Waals surface area contributed by atoms with Crippen LogP contribution in [0, 0.1) is 0 Å². The van der Waals surface area contributed by atoms with Crippen molar-refractivity contribution in [1.29, 1.82) is 0 Å². The summed E-state index contributed by atoms with van der Waals surface area (Å²) in [5.41, 5.74) is 1.81. The maximum Gasteiger partial charge on any atom is 0.259 e. The number of hydrogen-bond donors (Lipinski definition) is 0. The highest BCUT2D eigenvalue weighted by molar-refractivity contribution is 6.24. The Morgan fingerprint density at radius 1 is 1.14 bits per heavy atom. The summed E-state index contributed by atoms with van der Waals surface area (Å²) in [6.45, 7) is 0.538. The van der Waals surface area contributed by atoms with E-state index in [0.717, 1.165) is 27.8 Å². The highest BCUT2D eigenvalue weighted by Gasteiger charge is 2.32. The number of rotatable bonds is 3. The van der Waals surface area contributed by atoms with Crippen LogP contribution < -0.4 is 4.90 Å². The van der Waals surface area contributed by atoms with Gasteiger partial charge < -0.3 is 9.47 Å². The van der Waals surface area contributed by atoms with Crippen molar-refractivity contribution in [2.45, 2.75) is 25.4 Å². The molecule has 0 bridgehead atoms. The van der Waals surface area contributed by atoms with E-state index in [1.54, 1.807) is 0 Å². The second-order valence-electron chi connectivity index (χ2n) is 6.05. The van der Waals surface area contributed by atoms with Crippen LogP contribution in [0.4, 0.5) is 5.69 Å². The summed E-state index contributed by atoms with van der Waals surface area (Å²) in [7, 11) is 0. The lowest BCUT2D eigenvalue weighted by Gasteiger charge is -2.18. The van der Waals surface area contributed by atoms with Crippen molar-refractivity contribution in [2.75, 3.05) is 4.90 Å². The van der Waals surface area contributed by atoms with E-state index >= 15 is 0 Å². The predicted molar refractivity (Wildman–Crippen MR) is 85.0 cm³/mol. The molecule has 4 nitrogen and oxygen atoms in total. The summed E-state index contributed by atoms with van der Waals surface area (Å²) in [4.78, 5) is 19.1. The largest absolute Gasteiger partial charge is 0.330 e. The number of anilines is 1. The molecule has 0 saturated heterocycles. The third-order valence-corrected chi connectivity index (χ3v) is 4.64. The van der Waals surface area contributed by atoms with Gasteiger partial charge in [-0.1, -0.05) is 24.3 Å². The van der Waals surface area contributed by atoms with E-state index in [0.29, 0.717) is 12.6 Å². The Kier molecular flexibility index (Phi) is 2.28. The fourth-order valence-corrected chi connectivity index (χ4v) is 3.43. The Balaban J connectivity index is 1.61. The van der Waals surface area contributed by atoms with Gasteiger partial charge in [-0.25, -0.2) is 4.98 Å². The molecule has 4 heteroatoms. The standard InChI is InChI=1S/C18H15N3O/c22-18-14-5-1-3-12-4-2-6-15(17(12)14)21(18)11-16-19-9-10-20(16)13-7-8-13/h1-6,9-10,13H,7-8,11H2. The molecule has 5 rings (SSSR count). The summed E-state index contributed by atoms with van der Waals surface area (Å²) in [6, 6.07) is 12.6. The molecule has 108 valence electrons. The van der Waals surface area contributed by atoms with Gasteiger partial charge in [0.25, 0.3) is 5.91 Å². The smallest absolute Gasteiger partial charge is 0.259 e. The second-order valence-corrected chi connectivity index (χ2v) is 6.05. The molecule has 0 spiro atoms. The normalized spacial score (nSPS) is 16.7. The molecule has 1 saturated carbocycles. The van der Waals surface area contributed by atoms with E-state index in [4.69, 9.17) is 0 Å². The van der Waals surface area contributed by atoms with Gasteiger partial charge in [0.05, 0.1) is 12.2 Å². The van der Waals surface area contributed by atoms with Crippen LogP contribution >= 0.6 is 0 Å². The molecule has 1 aromatic heterocycles. The fourth-order valence-electron chi connectivity index (χ4n) is 3.43. The number of carbonyl (C=O) groups excluding carboxylic acids is 1. The van der Waals surface area contributed by atoms with Gasteiger partial charge in [0, 0.05) is 29.4 Å². The molecule has 2 aromatic carbocycles. The zero-order chi connectivity index (χ0) is 14.7. The molecule has 1 aliphatic carbocycles. The summed E-state index contributed by atoms with van der Waals surface area (Å²) in [5.74, 6) is 1.05. The van der Waals surface area contributed by atoms with Gasteiger partial charge in [0.2, 0.25) is 0 Å². The highest BCUT2D eigenvalue weighted by Crippen LogP contribution is 2.39. The van der Waals surface area contributed by atoms with Crippen LogP contribution in [0.3, 0.4) is 0 Å². The molecule has 0 atom stereocenters. The van der Waals surface area contributed by atoms with Gasteiger partial charge in [0.1, 0.15) is 5.82 Å². The first-order chi connectivity index (χ1) is 10.8. The van der Waals surface area contributed by atoms with Crippen molar-refractivity contribution in [3.05, 3.63) is 60.2 Å². The van der Waals surface area contributed by atoms with Crippen LogP contribution in [0.1, 0.15) is 35.1 Å². The molecular formula is C18H15N3O.